The number of hydrogen-bond donors (Lipinski definition) is 1. The van der Waals surface area contributed by atoms with Crippen LogP contribution in [0.1, 0.15) is 12.8 Å². The van der Waals surface area contributed by atoms with Crippen molar-refractivity contribution < 1.29 is 19.4 Å². The van der Waals surface area contributed by atoms with Gasteiger partial charge in [0.2, 0.25) is 11.9 Å². The van der Waals surface area contributed by atoms with Gasteiger partial charge in [0.25, 0.3) is 0 Å². The lowest BCUT2D eigenvalue weighted by Crippen LogP contribution is -2.55. The third kappa shape index (κ3) is 3.85. The van der Waals surface area contributed by atoms with E-state index in [1.807, 2.05) is 35.2 Å². The lowest BCUT2D eigenvalue weighted by molar-refractivity contribution is -0.151. The third-order valence-electron chi connectivity index (χ3n) is 6.74. The van der Waals surface area contributed by atoms with E-state index in [2.05, 4.69) is 14.9 Å². The molecule has 4 atom stereocenters. The highest BCUT2D eigenvalue weighted by molar-refractivity contribution is 5.76. The Morgan fingerprint density at radius 1 is 1.16 bits per heavy atom. The largest absolute Gasteiger partial charge is 0.494 e. The van der Waals surface area contributed by atoms with Crippen LogP contribution >= 0.6 is 0 Å². The summed E-state index contributed by atoms with van der Waals surface area (Å²) in [5, 5.41) is 10.1. The Hall–Kier alpha value is -2.71. The van der Waals surface area contributed by atoms with Crippen molar-refractivity contribution >= 4 is 11.9 Å². The summed E-state index contributed by atoms with van der Waals surface area (Å²) in [6.45, 7) is 3.04. The molecule has 1 amide bonds. The van der Waals surface area contributed by atoms with Crippen molar-refractivity contribution in [1.29, 1.82) is 0 Å². The fourth-order valence-corrected chi connectivity index (χ4v) is 5.32. The van der Waals surface area contributed by atoms with Gasteiger partial charge in [-0.15, -0.1) is 0 Å². The zero-order valence-corrected chi connectivity index (χ0v) is 17.5. The van der Waals surface area contributed by atoms with Gasteiger partial charge in [-0.25, -0.2) is 9.97 Å². The van der Waals surface area contributed by atoms with Crippen LogP contribution in [0.5, 0.6) is 5.75 Å². The number of likely N-dealkylation sites (tertiary alicyclic amines) is 1. The molecule has 3 fully saturated rings. The molecule has 1 spiro atoms. The average Bonchev–Trinajstić information content (AvgIpc) is 3.25. The average molecular weight is 425 g/mol. The van der Waals surface area contributed by atoms with Gasteiger partial charge >= 0.3 is 0 Å². The van der Waals surface area contributed by atoms with Crippen LogP contribution in [0.25, 0.3) is 0 Å². The van der Waals surface area contributed by atoms with Gasteiger partial charge in [-0.2, -0.15) is 0 Å². The topological polar surface area (TPSA) is 88.0 Å². The Kier molecular flexibility index (Phi) is 5.50. The standard InChI is InChI=1S/C23H28N4O4/c28-14-18-19-12-27(22-24-9-5-10-25-22)16-23(19)15-26(13-20(18)31-23)21(29)8-4-11-30-17-6-2-1-3-7-17/h1-3,5-7,9-10,18-20,28H,4,8,11-16H2/t18-,19+,20+,23+/m0/s1. The van der Waals surface area contributed by atoms with Crippen LogP contribution in [-0.2, 0) is 9.53 Å². The van der Waals surface area contributed by atoms with E-state index in [1.165, 1.54) is 0 Å². The molecule has 8 nitrogen and oxygen atoms in total. The second-order valence-corrected chi connectivity index (χ2v) is 8.64. The second kappa shape index (κ2) is 8.43. The predicted octanol–water partition coefficient (Wildman–Crippen LogP) is 1.36. The molecule has 2 bridgehead atoms. The minimum absolute atomic E-state index is 0.0212. The minimum Gasteiger partial charge on any atom is -0.494 e. The molecule has 3 aliphatic rings. The first kappa shape index (κ1) is 20.2. The fourth-order valence-electron chi connectivity index (χ4n) is 5.32. The number of nitrogens with zero attached hydrogens (tertiary/aromatic N) is 4. The molecule has 5 rings (SSSR count). The third-order valence-corrected chi connectivity index (χ3v) is 6.74. The van der Waals surface area contributed by atoms with Gasteiger partial charge in [-0.05, 0) is 24.6 Å². The zero-order valence-electron chi connectivity index (χ0n) is 17.5. The lowest BCUT2D eigenvalue weighted by atomic mass is 9.83. The maximum atomic E-state index is 13.0. The SMILES string of the molecule is O=C(CCCOc1ccccc1)N1C[C@H]2O[C@]3(C1)CN(c1ncccn1)C[C@@H]3[C@@H]2CO. The lowest BCUT2D eigenvalue weighted by Gasteiger charge is -2.40. The maximum Gasteiger partial charge on any atom is 0.225 e. The monoisotopic (exact) mass is 424 g/mol. The summed E-state index contributed by atoms with van der Waals surface area (Å²) in [7, 11) is 0. The van der Waals surface area contributed by atoms with E-state index in [0.29, 0.717) is 45.0 Å². The fraction of sp³-hybridized carbons (Fsp3) is 0.522. The van der Waals surface area contributed by atoms with Gasteiger partial charge in [0.15, 0.2) is 0 Å². The van der Waals surface area contributed by atoms with E-state index in [4.69, 9.17) is 9.47 Å². The number of aliphatic hydroxyl groups excluding tert-OH is 1. The first-order chi connectivity index (χ1) is 15.2. The summed E-state index contributed by atoms with van der Waals surface area (Å²) in [5.74, 6) is 1.79. The van der Waals surface area contributed by atoms with Crippen molar-refractivity contribution in [2.75, 3.05) is 44.3 Å². The Morgan fingerprint density at radius 2 is 1.97 bits per heavy atom. The quantitative estimate of drug-likeness (QED) is 0.672. The number of rotatable bonds is 7. The highest BCUT2D eigenvalue weighted by Gasteiger charge is 2.63. The van der Waals surface area contributed by atoms with E-state index in [-0.39, 0.29) is 30.5 Å². The molecule has 0 radical (unpaired) electrons. The van der Waals surface area contributed by atoms with Crippen molar-refractivity contribution in [2.45, 2.75) is 24.5 Å². The number of benzene rings is 1. The molecular formula is C23H28N4O4. The van der Waals surface area contributed by atoms with E-state index in [9.17, 15) is 9.90 Å². The number of anilines is 1. The molecule has 1 N–H and O–H groups in total. The van der Waals surface area contributed by atoms with Crippen LogP contribution in [0.3, 0.4) is 0 Å². The molecule has 0 saturated carbocycles. The number of aromatic nitrogens is 2. The molecule has 4 heterocycles. The first-order valence-electron chi connectivity index (χ1n) is 10.9. The van der Waals surface area contributed by atoms with Gasteiger partial charge in [-0.3, -0.25) is 4.79 Å². The van der Waals surface area contributed by atoms with Gasteiger partial charge in [0.1, 0.15) is 11.4 Å². The van der Waals surface area contributed by atoms with Crippen molar-refractivity contribution in [3.05, 3.63) is 48.8 Å². The molecule has 164 valence electrons. The predicted molar refractivity (Wildman–Crippen MR) is 114 cm³/mol. The van der Waals surface area contributed by atoms with E-state index in [1.54, 1.807) is 18.5 Å². The number of carbonyl (C=O) groups is 1. The Morgan fingerprint density at radius 3 is 2.74 bits per heavy atom. The summed E-state index contributed by atoms with van der Waals surface area (Å²) in [4.78, 5) is 25.8. The normalized spacial score (nSPS) is 29.1. The number of ether oxygens (including phenoxy) is 2. The number of fused-ring (bicyclic) bond motifs is 1. The van der Waals surface area contributed by atoms with Gasteiger partial charge < -0.3 is 24.4 Å². The van der Waals surface area contributed by atoms with E-state index < -0.39 is 5.60 Å². The van der Waals surface area contributed by atoms with Crippen molar-refractivity contribution in [2.24, 2.45) is 11.8 Å². The molecular weight excluding hydrogens is 396 g/mol. The summed E-state index contributed by atoms with van der Waals surface area (Å²) < 4.78 is 12.2. The van der Waals surface area contributed by atoms with Gasteiger partial charge in [0, 0.05) is 50.3 Å². The maximum absolute atomic E-state index is 13.0. The van der Waals surface area contributed by atoms with Crippen LogP contribution < -0.4 is 9.64 Å². The zero-order chi connectivity index (χ0) is 21.3. The van der Waals surface area contributed by atoms with Crippen LogP contribution in [0.15, 0.2) is 48.8 Å². The van der Waals surface area contributed by atoms with Crippen LogP contribution in [0.4, 0.5) is 5.95 Å². The van der Waals surface area contributed by atoms with E-state index in [0.717, 1.165) is 12.3 Å². The second-order valence-electron chi connectivity index (χ2n) is 8.64. The van der Waals surface area contributed by atoms with Crippen molar-refractivity contribution in [1.82, 2.24) is 14.9 Å². The number of amides is 1. The number of carbonyl (C=O) groups excluding carboxylic acids is 1. The summed E-state index contributed by atoms with van der Waals surface area (Å²) >= 11 is 0. The summed E-state index contributed by atoms with van der Waals surface area (Å²) in [5.41, 5.74) is -0.467. The molecule has 31 heavy (non-hydrogen) atoms. The first-order valence-corrected chi connectivity index (χ1v) is 10.9. The van der Waals surface area contributed by atoms with E-state index >= 15 is 0 Å². The summed E-state index contributed by atoms with van der Waals surface area (Å²) in [6.07, 6.45) is 4.45. The van der Waals surface area contributed by atoms with Crippen molar-refractivity contribution in [3.63, 3.8) is 0 Å². The van der Waals surface area contributed by atoms with Gasteiger partial charge in [-0.1, -0.05) is 18.2 Å². The number of hydrogen-bond acceptors (Lipinski definition) is 7. The molecule has 3 saturated heterocycles. The van der Waals surface area contributed by atoms with Gasteiger partial charge in [0.05, 0.1) is 25.8 Å². The highest BCUT2D eigenvalue weighted by Crippen LogP contribution is 2.49. The molecule has 2 aromatic rings. The smallest absolute Gasteiger partial charge is 0.225 e. The Balaban J connectivity index is 1.22. The molecule has 3 aliphatic heterocycles. The molecule has 0 aliphatic carbocycles. The molecule has 0 unspecified atom stereocenters. The Labute approximate surface area is 181 Å². The molecule has 1 aromatic heterocycles. The Bertz CT molecular complexity index is 899. The molecule has 8 heteroatoms. The molecule has 1 aromatic carbocycles. The van der Waals surface area contributed by atoms with Crippen LogP contribution in [0, 0.1) is 11.8 Å². The number of aliphatic hydroxyl groups is 1. The number of morpholine rings is 1. The van der Waals surface area contributed by atoms with Crippen LogP contribution in [0.2, 0.25) is 0 Å². The van der Waals surface area contributed by atoms with Crippen LogP contribution in [-0.4, -0.2) is 77.0 Å². The number of para-hydroxylation sites is 1. The van der Waals surface area contributed by atoms with Crippen molar-refractivity contribution in [3.8, 4) is 5.75 Å². The summed E-state index contributed by atoms with van der Waals surface area (Å²) in [6, 6.07) is 11.4. The minimum atomic E-state index is -0.467. The highest BCUT2D eigenvalue weighted by atomic mass is 16.5.